The van der Waals surface area contributed by atoms with E-state index in [-0.39, 0.29) is 6.04 Å². The molecule has 1 heterocycles. The number of anilines is 2. The molecule has 0 fully saturated rings. The predicted octanol–water partition coefficient (Wildman–Crippen LogP) is 2.20. The highest BCUT2D eigenvalue weighted by molar-refractivity contribution is 5.98. The van der Waals surface area contributed by atoms with Gasteiger partial charge in [-0.3, -0.25) is 9.48 Å². The van der Waals surface area contributed by atoms with Crippen molar-refractivity contribution in [3.8, 4) is 6.07 Å². The molecule has 0 spiro atoms. The maximum atomic E-state index is 11.5. The van der Waals surface area contributed by atoms with Crippen molar-refractivity contribution in [1.82, 2.24) is 9.78 Å². The van der Waals surface area contributed by atoms with Crippen LogP contribution in [0.3, 0.4) is 0 Å². The number of benzene rings is 1. The number of carbonyl (C=O) groups is 1. The zero-order valence-electron chi connectivity index (χ0n) is 11.1. The van der Waals surface area contributed by atoms with E-state index in [0.29, 0.717) is 17.8 Å². The topological polar surface area (TPSA) is 96.7 Å². The number of aromatic nitrogens is 2. The summed E-state index contributed by atoms with van der Waals surface area (Å²) in [6.45, 7) is 1.85. The molecule has 1 aromatic heterocycles. The number of hydrogen-bond donors (Lipinski definition) is 2. The second-order valence-electron chi connectivity index (χ2n) is 4.44. The maximum absolute atomic E-state index is 11.5. The van der Waals surface area contributed by atoms with E-state index in [4.69, 9.17) is 11.0 Å². The fourth-order valence-electron chi connectivity index (χ4n) is 1.77. The third-order valence-electron chi connectivity index (χ3n) is 2.87. The summed E-state index contributed by atoms with van der Waals surface area (Å²) in [7, 11) is 0. The highest BCUT2D eigenvalue weighted by atomic mass is 16.1. The van der Waals surface area contributed by atoms with Crippen LogP contribution >= 0.6 is 0 Å². The molecule has 0 unspecified atom stereocenters. The number of rotatable bonds is 5. The number of nitrogens with one attached hydrogen (secondary N) is 1. The molecule has 6 nitrogen and oxygen atoms in total. The molecule has 0 bridgehead atoms. The Bertz CT molecular complexity index is 641. The second kappa shape index (κ2) is 5.89. The number of para-hydroxylation sites is 1. The smallest absolute Gasteiger partial charge is 0.254 e. The summed E-state index contributed by atoms with van der Waals surface area (Å²) in [6, 6.07) is 11.3. The van der Waals surface area contributed by atoms with E-state index in [2.05, 4.69) is 16.5 Å². The molecule has 20 heavy (non-hydrogen) atoms. The summed E-state index contributed by atoms with van der Waals surface area (Å²) < 4.78 is 1.58. The number of amides is 1. The number of carbonyl (C=O) groups excluding carboxylic acids is 1. The van der Waals surface area contributed by atoms with Gasteiger partial charge in [-0.1, -0.05) is 18.2 Å². The first-order valence-electron chi connectivity index (χ1n) is 6.19. The average Bonchev–Trinajstić information content (AvgIpc) is 2.84. The van der Waals surface area contributed by atoms with E-state index in [1.165, 1.54) is 0 Å². The van der Waals surface area contributed by atoms with Crippen LogP contribution in [0.1, 0.15) is 29.7 Å². The molecule has 0 aliphatic heterocycles. The van der Waals surface area contributed by atoms with Gasteiger partial charge in [-0.15, -0.1) is 0 Å². The summed E-state index contributed by atoms with van der Waals surface area (Å²) in [6.07, 6.45) is 1.88. The average molecular weight is 269 g/mol. The largest absolute Gasteiger partial charge is 0.365 e. The molecule has 0 saturated heterocycles. The molecule has 0 radical (unpaired) electrons. The number of nitrogens with two attached hydrogens (primary N) is 1. The Kier molecular flexibility index (Phi) is 4.01. The normalized spacial score (nSPS) is 11.6. The SMILES string of the molecule is C[C@@H](CC#N)n1cc(C(N)=O)c(Nc2ccccc2)n1. The van der Waals surface area contributed by atoms with E-state index in [1.54, 1.807) is 10.9 Å². The summed E-state index contributed by atoms with van der Waals surface area (Å²) in [5.41, 5.74) is 6.48. The van der Waals surface area contributed by atoms with Crippen molar-refractivity contribution in [2.75, 3.05) is 5.32 Å². The molecule has 0 aliphatic rings. The van der Waals surface area contributed by atoms with Gasteiger partial charge < -0.3 is 11.1 Å². The molecule has 0 aliphatic carbocycles. The van der Waals surface area contributed by atoms with Gasteiger partial charge in [0, 0.05) is 11.9 Å². The van der Waals surface area contributed by atoms with Crippen molar-refractivity contribution in [1.29, 1.82) is 5.26 Å². The fraction of sp³-hybridized carbons (Fsp3) is 0.214. The quantitative estimate of drug-likeness (QED) is 0.869. The Morgan fingerprint density at radius 2 is 2.20 bits per heavy atom. The first kappa shape index (κ1) is 13.6. The Hall–Kier alpha value is -2.81. The van der Waals surface area contributed by atoms with Gasteiger partial charge in [0.1, 0.15) is 5.56 Å². The Balaban J connectivity index is 2.32. The summed E-state index contributed by atoms with van der Waals surface area (Å²) in [5, 5.41) is 16.1. The van der Waals surface area contributed by atoms with E-state index in [0.717, 1.165) is 5.69 Å². The van der Waals surface area contributed by atoms with Gasteiger partial charge in [0.05, 0.1) is 18.5 Å². The van der Waals surface area contributed by atoms with Crippen LogP contribution in [0.15, 0.2) is 36.5 Å². The highest BCUT2D eigenvalue weighted by Crippen LogP contribution is 2.21. The van der Waals surface area contributed by atoms with Gasteiger partial charge in [-0.25, -0.2) is 0 Å². The summed E-state index contributed by atoms with van der Waals surface area (Å²) in [4.78, 5) is 11.5. The first-order valence-corrected chi connectivity index (χ1v) is 6.19. The van der Waals surface area contributed by atoms with Crippen molar-refractivity contribution in [2.24, 2.45) is 5.73 Å². The summed E-state index contributed by atoms with van der Waals surface area (Å²) in [5.74, 6) is -0.160. The molecule has 2 aromatic rings. The van der Waals surface area contributed by atoms with Crippen molar-refractivity contribution in [3.05, 3.63) is 42.1 Å². The number of nitrogens with zero attached hydrogens (tertiary/aromatic N) is 3. The molecular weight excluding hydrogens is 254 g/mol. The van der Waals surface area contributed by atoms with Crippen LogP contribution in [-0.4, -0.2) is 15.7 Å². The third kappa shape index (κ3) is 2.95. The molecule has 1 aromatic carbocycles. The number of hydrogen-bond acceptors (Lipinski definition) is 4. The van der Waals surface area contributed by atoms with Gasteiger partial charge in [-0.2, -0.15) is 10.4 Å². The Morgan fingerprint density at radius 1 is 1.50 bits per heavy atom. The zero-order valence-corrected chi connectivity index (χ0v) is 11.1. The third-order valence-corrected chi connectivity index (χ3v) is 2.87. The molecule has 1 atom stereocenters. The molecule has 0 saturated carbocycles. The van der Waals surface area contributed by atoms with E-state index >= 15 is 0 Å². The minimum Gasteiger partial charge on any atom is -0.365 e. The van der Waals surface area contributed by atoms with Crippen molar-refractivity contribution in [3.63, 3.8) is 0 Å². The van der Waals surface area contributed by atoms with Gasteiger partial charge in [-0.05, 0) is 19.1 Å². The number of primary amides is 1. The molecule has 102 valence electrons. The van der Waals surface area contributed by atoms with Crippen molar-refractivity contribution >= 4 is 17.4 Å². The molecule has 2 rings (SSSR count). The molecule has 3 N–H and O–H groups in total. The molecular formula is C14H15N5O. The van der Waals surface area contributed by atoms with Gasteiger partial charge in [0.25, 0.3) is 5.91 Å². The van der Waals surface area contributed by atoms with Crippen LogP contribution in [-0.2, 0) is 0 Å². The fourth-order valence-corrected chi connectivity index (χ4v) is 1.77. The van der Waals surface area contributed by atoms with Gasteiger partial charge in [0.2, 0.25) is 0 Å². The minimum atomic E-state index is -0.557. The lowest BCUT2D eigenvalue weighted by Gasteiger charge is -2.07. The zero-order chi connectivity index (χ0) is 14.5. The van der Waals surface area contributed by atoms with Crippen LogP contribution < -0.4 is 11.1 Å². The van der Waals surface area contributed by atoms with Crippen molar-refractivity contribution in [2.45, 2.75) is 19.4 Å². The van der Waals surface area contributed by atoms with Crippen LogP contribution in [0.5, 0.6) is 0 Å². The lowest BCUT2D eigenvalue weighted by atomic mass is 10.2. The maximum Gasteiger partial charge on any atom is 0.254 e. The Labute approximate surface area is 116 Å². The predicted molar refractivity (Wildman–Crippen MR) is 75.4 cm³/mol. The lowest BCUT2D eigenvalue weighted by Crippen LogP contribution is -2.12. The summed E-state index contributed by atoms with van der Waals surface area (Å²) >= 11 is 0. The monoisotopic (exact) mass is 269 g/mol. The standard InChI is InChI=1S/C14H15N5O/c1-10(7-8-15)19-9-12(13(16)20)14(18-19)17-11-5-3-2-4-6-11/h2-6,9-10H,7H2,1H3,(H2,16,20)(H,17,18)/t10-/m0/s1. The van der Waals surface area contributed by atoms with Crippen LogP contribution in [0.2, 0.25) is 0 Å². The molecule has 1 amide bonds. The van der Waals surface area contributed by atoms with Crippen molar-refractivity contribution < 1.29 is 4.79 Å². The molecule has 6 heteroatoms. The Morgan fingerprint density at radius 3 is 2.80 bits per heavy atom. The highest BCUT2D eigenvalue weighted by Gasteiger charge is 2.16. The van der Waals surface area contributed by atoms with Crippen LogP contribution in [0, 0.1) is 11.3 Å². The van der Waals surface area contributed by atoms with E-state index < -0.39 is 5.91 Å². The minimum absolute atomic E-state index is 0.121. The van der Waals surface area contributed by atoms with Gasteiger partial charge in [0.15, 0.2) is 5.82 Å². The number of nitriles is 1. The van der Waals surface area contributed by atoms with Gasteiger partial charge >= 0.3 is 0 Å². The van der Waals surface area contributed by atoms with Crippen LogP contribution in [0.4, 0.5) is 11.5 Å². The lowest BCUT2D eigenvalue weighted by molar-refractivity contribution is 0.100. The first-order chi connectivity index (χ1) is 9.61. The second-order valence-corrected chi connectivity index (χ2v) is 4.44. The van der Waals surface area contributed by atoms with Crippen LogP contribution in [0.25, 0.3) is 0 Å². The van der Waals surface area contributed by atoms with E-state index in [9.17, 15) is 4.79 Å². The van der Waals surface area contributed by atoms with E-state index in [1.807, 2.05) is 37.3 Å².